The summed E-state index contributed by atoms with van der Waals surface area (Å²) in [6.45, 7) is 4.08. The molecule has 0 bridgehead atoms. The summed E-state index contributed by atoms with van der Waals surface area (Å²) in [5.74, 6) is -0.193. The summed E-state index contributed by atoms with van der Waals surface area (Å²) in [5.41, 5.74) is 1.08. The van der Waals surface area contributed by atoms with Gasteiger partial charge in [-0.2, -0.15) is 0 Å². The Morgan fingerprint density at radius 1 is 1.30 bits per heavy atom. The lowest BCUT2D eigenvalue weighted by atomic mass is 9.76. The second-order valence-electron chi connectivity index (χ2n) is 5.21. The number of β-lactam (4-membered cyclic amide) rings is 1. The number of likely N-dealkylation sites (tertiary alicyclic amines) is 1. The molecular formula is C16H19NO3. The fourth-order valence-corrected chi connectivity index (χ4v) is 2.58. The minimum absolute atomic E-state index is 0.00962. The molecule has 0 N–H and O–H groups in total. The van der Waals surface area contributed by atoms with Crippen molar-refractivity contribution in [3.8, 4) is 0 Å². The summed E-state index contributed by atoms with van der Waals surface area (Å²) in [4.78, 5) is 25.0. The molecule has 1 fully saturated rings. The Bertz CT molecular complexity index is 522. The average Bonchev–Trinajstić information content (AvgIpc) is 2.44. The van der Waals surface area contributed by atoms with Crippen LogP contribution >= 0.6 is 0 Å². The van der Waals surface area contributed by atoms with Crippen molar-refractivity contribution >= 4 is 11.9 Å². The topological polar surface area (TPSA) is 46.6 Å². The second kappa shape index (κ2) is 5.90. The van der Waals surface area contributed by atoms with Gasteiger partial charge in [-0.3, -0.25) is 4.79 Å². The number of nitrogens with zero attached hydrogens (tertiary/aromatic N) is 1. The van der Waals surface area contributed by atoms with E-state index in [0.29, 0.717) is 0 Å². The zero-order valence-corrected chi connectivity index (χ0v) is 11.9. The van der Waals surface area contributed by atoms with E-state index >= 15 is 0 Å². The zero-order valence-electron chi connectivity index (χ0n) is 11.9. The number of esters is 1. The van der Waals surface area contributed by atoms with Crippen molar-refractivity contribution in [3.63, 3.8) is 0 Å². The molecule has 0 aromatic heterocycles. The van der Waals surface area contributed by atoms with Crippen LogP contribution in [0, 0.1) is 11.8 Å². The molecular weight excluding hydrogens is 254 g/mol. The molecule has 1 aromatic rings. The van der Waals surface area contributed by atoms with Crippen LogP contribution in [0.2, 0.25) is 0 Å². The van der Waals surface area contributed by atoms with Crippen molar-refractivity contribution in [1.29, 1.82) is 0 Å². The van der Waals surface area contributed by atoms with Gasteiger partial charge in [0.1, 0.15) is 0 Å². The molecule has 1 saturated heterocycles. The highest BCUT2D eigenvalue weighted by Gasteiger charge is 2.48. The van der Waals surface area contributed by atoms with Crippen LogP contribution in [0.1, 0.15) is 25.5 Å². The first-order chi connectivity index (χ1) is 9.56. The lowest BCUT2D eigenvalue weighted by Crippen LogP contribution is -2.54. The van der Waals surface area contributed by atoms with Crippen LogP contribution in [-0.2, 0) is 14.3 Å². The molecule has 1 heterocycles. The summed E-state index contributed by atoms with van der Waals surface area (Å²) in [6.07, 6.45) is 2.80. The highest BCUT2D eigenvalue weighted by molar-refractivity contribution is 5.89. The molecule has 0 spiro atoms. The summed E-state index contributed by atoms with van der Waals surface area (Å²) in [6, 6.07) is 9.86. The number of benzene rings is 1. The highest BCUT2D eigenvalue weighted by Crippen LogP contribution is 2.44. The highest BCUT2D eigenvalue weighted by atomic mass is 16.5. The van der Waals surface area contributed by atoms with Gasteiger partial charge in [-0.25, -0.2) is 4.79 Å². The third-order valence-electron chi connectivity index (χ3n) is 3.61. The number of hydrogen-bond acceptors (Lipinski definition) is 3. The lowest BCUT2D eigenvalue weighted by Gasteiger charge is -2.47. The van der Waals surface area contributed by atoms with Gasteiger partial charge in [0, 0.05) is 12.3 Å². The molecule has 106 valence electrons. The Morgan fingerprint density at radius 3 is 2.50 bits per heavy atom. The van der Waals surface area contributed by atoms with E-state index in [1.54, 1.807) is 4.90 Å². The smallest absolute Gasteiger partial charge is 0.331 e. The fourth-order valence-electron chi connectivity index (χ4n) is 2.58. The lowest BCUT2D eigenvalue weighted by molar-refractivity contribution is -0.154. The second-order valence-corrected chi connectivity index (χ2v) is 5.21. The van der Waals surface area contributed by atoms with Gasteiger partial charge in [-0.1, -0.05) is 44.2 Å². The zero-order chi connectivity index (χ0) is 14.7. The van der Waals surface area contributed by atoms with E-state index in [4.69, 9.17) is 0 Å². The van der Waals surface area contributed by atoms with E-state index in [9.17, 15) is 9.59 Å². The molecule has 1 aliphatic rings. The number of amides is 1. The molecule has 2 atom stereocenters. The van der Waals surface area contributed by atoms with Crippen molar-refractivity contribution in [2.45, 2.75) is 19.9 Å². The Hall–Kier alpha value is -2.10. The maximum Gasteiger partial charge on any atom is 0.331 e. The predicted molar refractivity (Wildman–Crippen MR) is 75.5 cm³/mol. The monoisotopic (exact) mass is 273 g/mol. The average molecular weight is 273 g/mol. The van der Waals surface area contributed by atoms with E-state index in [2.05, 4.69) is 4.74 Å². The van der Waals surface area contributed by atoms with Gasteiger partial charge in [-0.15, -0.1) is 0 Å². The predicted octanol–water partition coefficient (Wildman–Crippen LogP) is 2.53. The van der Waals surface area contributed by atoms with Crippen molar-refractivity contribution < 1.29 is 14.3 Å². The molecule has 0 radical (unpaired) electrons. The third kappa shape index (κ3) is 2.59. The molecule has 4 heteroatoms. The molecule has 4 nitrogen and oxygen atoms in total. The maximum atomic E-state index is 12.2. The van der Waals surface area contributed by atoms with Crippen LogP contribution in [-0.4, -0.2) is 23.9 Å². The fraction of sp³-hybridized carbons (Fsp3) is 0.375. The van der Waals surface area contributed by atoms with Crippen molar-refractivity contribution in [2.75, 3.05) is 7.11 Å². The largest absolute Gasteiger partial charge is 0.466 e. The van der Waals surface area contributed by atoms with Crippen LogP contribution in [0.25, 0.3) is 0 Å². The maximum absolute atomic E-state index is 12.2. The Kier molecular flexibility index (Phi) is 4.23. The van der Waals surface area contributed by atoms with Gasteiger partial charge in [0.05, 0.1) is 19.1 Å². The number of carbonyl (C=O) groups is 2. The SMILES string of the molecule is COC(=O)/C=C/N1C(=O)[C@@H](C(C)C)[C@@H]1c1ccccc1. The van der Waals surface area contributed by atoms with Gasteiger partial charge in [0.25, 0.3) is 0 Å². The Morgan fingerprint density at radius 2 is 1.95 bits per heavy atom. The molecule has 1 aromatic carbocycles. The van der Waals surface area contributed by atoms with Crippen LogP contribution in [0.15, 0.2) is 42.6 Å². The van der Waals surface area contributed by atoms with Crippen molar-refractivity contribution in [1.82, 2.24) is 4.90 Å². The third-order valence-corrected chi connectivity index (χ3v) is 3.61. The van der Waals surface area contributed by atoms with E-state index in [1.807, 2.05) is 44.2 Å². The van der Waals surface area contributed by atoms with Crippen LogP contribution in [0.3, 0.4) is 0 Å². The molecule has 1 amide bonds. The first-order valence-electron chi connectivity index (χ1n) is 6.69. The minimum Gasteiger partial charge on any atom is -0.466 e. The Balaban J connectivity index is 2.25. The molecule has 0 aliphatic carbocycles. The minimum atomic E-state index is -0.461. The number of carbonyl (C=O) groups excluding carboxylic acids is 2. The standard InChI is InChI=1S/C16H19NO3/c1-11(2)14-15(12-7-5-4-6-8-12)17(16(14)19)10-9-13(18)20-3/h4-11,14-15H,1-3H3/b10-9+/t14-,15-/m0/s1. The summed E-state index contributed by atoms with van der Waals surface area (Å²) in [7, 11) is 1.32. The molecule has 1 aliphatic heterocycles. The summed E-state index contributed by atoms with van der Waals surface area (Å²) < 4.78 is 4.56. The van der Waals surface area contributed by atoms with E-state index in [0.717, 1.165) is 5.56 Å². The van der Waals surface area contributed by atoms with E-state index < -0.39 is 5.97 Å². The Labute approximate surface area is 119 Å². The summed E-state index contributed by atoms with van der Waals surface area (Å²) >= 11 is 0. The number of rotatable bonds is 4. The number of methoxy groups -OCH3 is 1. The van der Waals surface area contributed by atoms with Crippen molar-refractivity contribution in [2.24, 2.45) is 11.8 Å². The first-order valence-corrected chi connectivity index (χ1v) is 6.69. The van der Waals surface area contributed by atoms with Crippen LogP contribution < -0.4 is 0 Å². The number of hydrogen-bond donors (Lipinski definition) is 0. The van der Waals surface area contributed by atoms with Gasteiger partial charge in [0.2, 0.25) is 5.91 Å². The van der Waals surface area contributed by atoms with E-state index in [1.165, 1.54) is 19.4 Å². The van der Waals surface area contributed by atoms with Gasteiger partial charge >= 0.3 is 5.97 Å². The van der Waals surface area contributed by atoms with Crippen LogP contribution in [0.4, 0.5) is 0 Å². The quantitative estimate of drug-likeness (QED) is 0.481. The van der Waals surface area contributed by atoms with Crippen molar-refractivity contribution in [3.05, 3.63) is 48.2 Å². The first kappa shape index (κ1) is 14.3. The van der Waals surface area contributed by atoms with E-state index in [-0.39, 0.29) is 23.8 Å². The number of ether oxygens (including phenoxy) is 1. The normalized spacial score (nSPS) is 22.2. The summed E-state index contributed by atoms with van der Waals surface area (Å²) in [5, 5.41) is 0. The molecule has 0 unspecified atom stereocenters. The molecule has 2 rings (SSSR count). The van der Waals surface area contributed by atoms with Gasteiger partial charge in [-0.05, 0) is 11.5 Å². The van der Waals surface area contributed by atoms with Gasteiger partial charge < -0.3 is 9.64 Å². The molecule has 0 saturated carbocycles. The molecule has 20 heavy (non-hydrogen) atoms. The van der Waals surface area contributed by atoms with Gasteiger partial charge in [0.15, 0.2) is 0 Å². The van der Waals surface area contributed by atoms with Crippen LogP contribution in [0.5, 0.6) is 0 Å².